The smallest absolute Gasteiger partial charge is 0.220 e. The van der Waals surface area contributed by atoms with Crippen LogP contribution in [0.1, 0.15) is 55.5 Å². The highest BCUT2D eigenvalue weighted by atomic mass is 35.6. The van der Waals surface area contributed by atoms with Gasteiger partial charge < -0.3 is 9.67 Å². The van der Waals surface area contributed by atoms with Gasteiger partial charge in [-0.05, 0) is 60.6 Å². The zero-order valence-electron chi connectivity index (χ0n) is 14.2. The highest BCUT2D eigenvalue weighted by Gasteiger charge is 2.39. The minimum atomic E-state index is -1.84. The van der Waals surface area contributed by atoms with Crippen molar-refractivity contribution in [1.82, 2.24) is 4.57 Å². The highest BCUT2D eigenvalue weighted by Crippen LogP contribution is 2.48. The summed E-state index contributed by atoms with van der Waals surface area (Å²) in [7, 11) is 0. The van der Waals surface area contributed by atoms with Gasteiger partial charge in [0.05, 0.1) is 5.69 Å². The van der Waals surface area contributed by atoms with Gasteiger partial charge in [-0.1, -0.05) is 48.7 Å². The summed E-state index contributed by atoms with van der Waals surface area (Å²) < 4.78 is 13.8. The Hall–Kier alpha value is -0.740. The van der Waals surface area contributed by atoms with E-state index in [2.05, 4.69) is 18.4 Å². The Kier molecular flexibility index (Phi) is 5.41. The molecule has 1 aliphatic heterocycles. The highest BCUT2D eigenvalue weighted by molar-refractivity contribution is 6.68. The molecule has 0 amide bonds. The Morgan fingerprint density at radius 3 is 2.28 bits per heavy atom. The molecule has 136 valence electrons. The third kappa shape index (κ3) is 3.57. The zero-order chi connectivity index (χ0) is 18.4. The van der Waals surface area contributed by atoms with Gasteiger partial charge in [0, 0.05) is 17.8 Å². The van der Waals surface area contributed by atoms with Crippen LogP contribution in [-0.2, 0) is 13.0 Å². The van der Waals surface area contributed by atoms with E-state index in [1.807, 2.05) is 0 Å². The summed E-state index contributed by atoms with van der Waals surface area (Å²) >= 11 is 18.2. The predicted molar refractivity (Wildman–Crippen MR) is 102 cm³/mol. The molecule has 0 saturated carbocycles. The monoisotopic (exact) mass is 403 g/mol. The summed E-state index contributed by atoms with van der Waals surface area (Å²) in [6.45, 7) is 5.00. The number of aliphatic hydroxyl groups is 1. The zero-order valence-corrected chi connectivity index (χ0v) is 16.5. The fourth-order valence-corrected chi connectivity index (χ4v) is 4.12. The van der Waals surface area contributed by atoms with Crippen molar-refractivity contribution in [3.63, 3.8) is 0 Å². The van der Waals surface area contributed by atoms with E-state index in [9.17, 15) is 9.50 Å². The molecule has 0 saturated heterocycles. The van der Waals surface area contributed by atoms with Gasteiger partial charge in [-0.2, -0.15) is 0 Å². The first-order valence-electron chi connectivity index (χ1n) is 8.47. The topological polar surface area (TPSA) is 25.2 Å². The van der Waals surface area contributed by atoms with Crippen molar-refractivity contribution in [3.8, 4) is 11.3 Å². The average Bonchev–Trinajstić information content (AvgIpc) is 2.89. The van der Waals surface area contributed by atoms with E-state index in [1.54, 1.807) is 12.1 Å². The molecule has 0 fully saturated rings. The molecule has 0 bridgehead atoms. The normalized spacial score (nSPS) is 16.2. The van der Waals surface area contributed by atoms with Crippen LogP contribution in [0.4, 0.5) is 4.39 Å². The molecule has 0 aliphatic carbocycles. The van der Waals surface area contributed by atoms with Crippen LogP contribution in [0.5, 0.6) is 0 Å². The second-order valence-electron chi connectivity index (χ2n) is 6.84. The van der Waals surface area contributed by atoms with E-state index in [-0.39, 0.29) is 11.7 Å². The van der Waals surface area contributed by atoms with Crippen molar-refractivity contribution >= 4 is 34.8 Å². The number of rotatable bonds is 3. The molecule has 0 spiro atoms. The first-order chi connectivity index (χ1) is 11.7. The summed E-state index contributed by atoms with van der Waals surface area (Å²) in [6.07, 6.45) is 1.81. The molecule has 1 atom stereocenters. The number of benzene rings is 1. The summed E-state index contributed by atoms with van der Waals surface area (Å²) in [5.41, 5.74) is 4.53. The van der Waals surface area contributed by atoms with Crippen LogP contribution in [0.2, 0.25) is 0 Å². The van der Waals surface area contributed by atoms with E-state index in [4.69, 9.17) is 34.8 Å². The lowest BCUT2D eigenvalue weighted by Gasteiger charge is -2.23. The van der Waals surface area contributed by atoms with Crippen molar-refractivity contribution < 1.29 is 9.50 Å². The number of halogens is 4. The minimum absolute atomic E-state index is 0.172. The lowest BCUT2D eigenvalue weighted by molar-refractivity contribution is 0.181. The van der Waals surface area contributed by atoms with Crippen molar-refractivity contribution in [2.45, 2.75) is 55.5 Å². The number of alkyl halides is 3. The van der Waals surface area contributed by atoms with Crippen molar-refractivity contribution in [1.29, 1.82) is 0 Å². The Morgan fingerprint density at radius 1 is 1.08 bits per heavy atom. The molecule has 0 radical (unpaired) electrons. The third-order valence-corrected chi connectivity index (χ3v) is 5.40. The van der Waals surface area contributed by atoms with Crippen molar-refractivity contribution in [3.05, 3.63) is 46.9 Å². The molecule has 2 nitrogen and oxygen atoms in total. The van der Waals surface area contributed by atoms with Gasteiger partial charge in [-0.25, -0.2) is 4.39 Å². The minimum Gasteiger partial charge on any atom is -0.384 e. The number of aliphatic hydroxyl groups excluding tert-OH is 1. The quantitative estimate of drug-likeness (QED) is 0.609. The molecule has 1 aliphatic rings. The van der Waals surface area contributed by atoms with Crippen LogP contribution in [0.15, 0.2) is 24.3 Å². The fourth-order valence-electron chi connectivity index (χ4n) is 3.79. The molecule has 1 aromatic heterocycles. The summed E-state index contributed by atoms with van der Waals surface area (Å²) in [5.74, 6) is -0.132. The standard InChI is InChI=1S/C19H21Cl3FNO/c1-11(2)15-14-5-3-4-10-24(14)17(12-6-8-13(23)9-7-12)16(15)18(25)19(20,21)22/h6-9,11,18,25H,3-5,10H2,1-2H3. The maximum atomic E-state index is 13.4. The summed E-state index contributed by atoms with van der Waals surface area (Å²) in [4.78, 5) is 0. The molecule has 1 N–H and O–H groups in total. The van der Waals surface area contributed by atoms with Crippen LogP contribution < -0.4 is 0 Å². The van der Waals surface area contributed by atoms with Crippen LogP contribution in [-0.4, -0.2) is 13.5 Å². The van der Waals surface area contributed by atoms with Crippen LogP contribution in [0.3, 0.4) is 0 Å². The number of fused-ring (bicyclic) bond motifs is 1. The molecule has 1 aromatic carbocycles. The molecule has 6 heteroatoms. The Bertz CT molecular complexity index is 762. The van der Waals surface area contributed by atoms with E-state index < -0.39 is 9.90 Å². The summed E-state index contributed by atoms with van der Waals surface area (Å²) in [5, 5.41) is 10.8. The van der Waals surface area contributed by atoms with Gasteiger partial charge >= 0.3 is 0 Å². The number of aromatic nitrogens is 1. The van der Waals surface area contributed by atoms with Gasteiger partial charge in [0.15, 0.2) is 0 Å². The third-order valence-electron chi connectivity index (χ3n) is 4.78. The first-order valence-corrected chi connectivity index (χ1v) is 9.61. The van der Waals surface area contributed by atoms with Gasteiger partial charge in [0.25, 0.3) is 0 Å². The maximum absolute atomic E-state index is 13.4. The van der Waals surface area contributed by atoms with E-state index >= 15 is 0 Å². The largest absolute Gasteiger partial charge is 0.384 e. The van der Waals surface area contributed by atoms with Crippen LogP contribution >= 0.6 is 34.8 Å². The molecule has 2 heterocycles. The predicted octanol–water partition coefficient (Wildman–Crippen LogP) is 6.16. The molecular formula is C19H21Cl3FNO. The maximum Gasteiger partial charge on any atom is 0.220 e. The van der Waals surface area contributed by atoms with Gasteiger partial charge in [0.2, 0.25) is 3.79 Å². The second-order valence-corrected chi connectivity index (χ2v) is 9.21. The van der Waals surface area contributed by atoms with Gasteiger partial charge in [0.1, 0.15) is 11.9 Å². The molecule has 2 aromatic rings. The molecule has 1 unspecified atom stereocenters. The van der Waals surface area contributed by atoms with E-state index in [0.717, 1.165) is 42.6 Å². The van der Waals surface area contributed by atoms with E-state index in [1.165, 1.54) is 17.8 Å². The lowest BCUT2D eigenvalue weighted by Crippen LogP contribution is -2.18. The Balaban J connectivity index is 2.33. The summed E-state index contributed by atoms with van der Waals surface area (Å²) in [6, 6.07) is 6.26. The van der Waals surface area contributed by atoms with Crippen LogP contribution in [0, 0.1) is 5.82 Å². The number of nitrogens with zero attached hydrogens (tertiary/aromatic N) is 1. The Labute approximate surface area is 162 Å². The first kappa shape index (κ1) is 19.0. The molecular weight excluding hydrogens is 384 g/mol. The van der Waals surface area contributed by atoms with Gasteiger partial charge in [-0.3, -0.25) is 0 Å². The number of hydrogen-bond donors (Lipinski definition) is 1. The van der Waals surface area contributed by atoms with E-state index in [0.29, 0.717) is 5.56 Å². The fraction of sp³-hybridized carbons (Fsp3) is 0.474. The van der Waals surface area contributed by atoms with Crippen molar-refractivity contribution in [2.24, 2.45) is 0 Å². The van der Waals surface area contributed by atoms with Crippen molar-refractivity contribution in [2.75, 3.05) is 0 Å². The number of hydrogen-bond acceptors (Lipinski definition) is 1. The SMILES string of the molecule is CC(C)c1c(C(O)C(Cl)(Cl)Cl)c(-c2ccc(F)cc2)n2c1CCCC2. The Morgan fingerprint density at radius 2 is 1.72 bits per heavy atom. The molecule has 3 rings (SSSR count). The second kappa shape index (κ2) is 7.11. The lowest BCUT2D eigenvalue weighted by atomic mass is 9.91. The molecule has 25 heavy (non-hydrogen) atoms. The average molecular weight is 405 g/mol. The van der Waals surface area contributed by atoms with Crippen LogP contribution in [0.25, 0.3) is 11.3 Å². The van der Waals surface area contributed by atoms with Gasteiger partial charge in [-0.15, -0.1) is 0 Å².